The molecule has 0 fully saturated rings. The molecule has 84 valence electrons. The summed E-state index contributed by atoms with van der Waals surface area (Å²) in [5.41, 5.74) is 1.21. The van der Waals surface area contributed by atoms with E-state index in [1.165, 1.54) is 0 Å². The Balaban J connectivity index is 2.49. The molecule has 0 saturated carbocycles. The third-order valence-corrected chi connectivity index (χ3v) is 2.03. The second-order valence-corrected chi connectivity index (χ2v) is 3.21. The van der Waals surface area contributed by atoms with Gasteiger partial charge in [-0.05, 0) is 24.3 Å². The van der Waals surface area contributed by atoms with Crippen LogP contribution in [0.4, 0.5) is 5.69 Å². The topological polar surface area (TPSA) is 93.4 Å². The molecule has 0 amide bonds. The van der Waals surface area contributed by atoms with Crippen LogP contribution in [-0.4, -0.2) is 35.3 Å². The lowest BCUT2D eigenvalue weighted by Gasteiger charge is -2.08. The van der Waals surface area contributed by atoms with Crippen LogP contribution in [0.3, 0.4) is 0 Å². The summed E-state index contributed by atoms with van der Waals surface area (Å²) < 4.78 is 0. The predicted molar refractivity (Wildman–Crippen MR) is 57.7 cm³/mol. The number of hydrogen-bond acceptors (Lipinski definition) is 5. The minimum absolute atomic E-state index is 0.0619. The van der Waals surface area contributed by atoms with Crippen molar-refractivity contribution in [2.24, 2.45) is 0 Å². The normalized spacial score (nSPS) is 11.6. The number of aliphatic hydroxyl groups excluding tert-OH is 2. The lowest BCUT2D eigenvalue weighted by molar-refractivity contribution is -0.127. The fourth-order valence-electron chi connectivity index (χ4n) is 1.07. The number of nitrogens with zero attached hydrogens (tertiary/aromatic N) is 1. The fourth-order valence-corrected chi connectivity index (χ4v) is 1.07. The summed E-state index contributed by atoms with van der Waals surface area (Å²) in [7, 11) is 0. The highest BCUT2D eigenvalue weighted by Gasteiger charge is 2.12. The van der Waals surface area contributed by atoms with Gasteiger partial charge in [0, 0.05) is 5.69 Å². The SMILES string of the molecule is N#Cc1ccc(NCC(=O)C(O)CO)cc1. The Morgan fingerprint density at radius 1 is 1.44 bits per heavy atom. The van der Waals surface area contributed by atoms with Crippen LogP contribution in [0, 0.1) is 11.3 Å². The summed E-state index contributed by atoms with van der Waals surface area (Å²) >= 11 is 0. The number of nitriles is 1. The zero-order valence-electron chi connectivity index (χ0n) is 8.55. The molecule has 0 radical (unpaired) electrons. The molecule has 1 rings (SSSR count). The van der Waals surface area contributed by atoms with Crippen molar-refractivity contribution in [1.82, 2.24) is 0 Å². The molecule has 1 unspecified atom stereocenters. The highest BCUT2D eigenvalue weighted by molar-refractivity contribution is 5.86. The molecule has 5 nitrogen and oxygen atoms in total. The van der Waals surface area contributed by atoms with Crippen LogP contribution < -0.4 is 5.32 Å². The first-order chi connectivity index (χ1) is 7.67. The van der Waals surface area contributed by atoms with Gasteiger partial charge in [-0.15, -0.1) is 0 Å². The van der Waals surface area contributed by atoms with Gasteiger partial charge >= 0.3 is 0 Å². The van der Waals surface area contributed by atoms with Crippen molar-refractivity contribution in [3.05, 3.63) is 29.8 Å². The molecule has 0 aliphatic heterocycles. The van der Waals surface area contributed by atoms with Crippen molar-refractivity contribution in [3.63, 3.8) is 0 Å². The Hall–Kier alpha value is -1.90. The maximum absolute atomic E-state index is 11.1. The smallest absolute Gasteiger partial charge is 0.182 e. The molecule has 0 saturated heterocycles. The molecular weight excluding hydrogens is 208 g/mol. The van der Waals surface area contributed by atoms with Crippen LogP contribution in [0.15, 0.2) is 24.3 Å². The first-order valence-corrected chi connectivity index (χ1v) is 4.73. The van der Waals surface area contributed by atoms with E-state index < -0.39 is 18.5 Å². The molecule has 1 aromatic rings. The van der Waals surface area contributed by atoms with Crippen LogP contribution in [0.25, 0.3) is 0 Å². The summed E-state index contributed by atoms with van der Waals surface area (Å²) in [6.45, 7) is -0.637. The molecule has 0 aliphatic carbocycles. The average Bonchev–Trinajstić information content (AvgIpc) is 2.35. The molecule has 0 bridgehead atoms. The first-order valence-electron chi connectivity index (χ1n) is 4.73. The maximum Gasteiger partial charge on any atom is 0.182 e. The third kappa shape index (κ3) is 3.35. The van der Waals surface area contributed by atoms with Crippen molar-refractivity contribution in [1.29, 1.82) is 5.26 Å². The van der Waals surface area contributed by atoms with E-state index in [0.717, 1.165) is 0 Å². The van der Waals surface area contributed by atoms with Crippen molar-refractivity contribution in [2.45, 2.75) is 6.10 Å². The predicted octanol–water partition coefficient (Wildman–Crippen LogP) is -0.108. The number of carbonyl (C=O) groups is 1. The zero-order valence-corrected chi connectivity index (χ0v) is 8.55. The summed E-state index contributed by atoms with van der Waals surface area (Å²) in [5, 5.41) is 28.9. The number of ketones is 1. The Kier molecular flexibility index (Phi) is 4.45. The Morgan fingerprint density at radius 3 is 2.56 bits per heavy atom. The quantitative estimate of drug-likeness (QED) is 0.644. The first kappa shape index (κ1) is 12.2. The van der Waals surface area contributed by atoms with E-state index >= 15 is 0 Å². The molecule has 3 N–H and O–H groups in total. The van der Waals surface area contributed by atoms with E-state index in [9.17, 15) is 4.79 Å². The van der Waals surface area contributed by atoms with Crippen molar-refractivity contribution in [3.8, 4) is 6.07 Å². The molecule has 16 heavy (non-hydrogen) atoms. The summed E-state index contributed by atoms with van der Waals surface area (Å²) in [4.78, 5) is 11.1. The Labute approximate surface area is 92.9 Å². The fraction of sp³-hybridized carbons (Fsp3) is 0.273. The number of carbonyl (C=O) groups excluding carboxylic acids is 1. The van der Waals surface area contributed by atoms with Gasteiger partial charge in [-0.3, -0.25) is 4.79 Å². The largest absolute Gasteiger partial charge is 0.393 e. The molecular formula is C11H12N2O3. The standard InChI is InChI=1S/C11H12N2O3/c12-5-8-1-3-9(4-2-8)13-6-10(15)11(16)7-14/h1-4,11,13-14,16H,6-7H2. The second-order valence-electron chi connectivity index (χ2n) is 3.21. The summed E-state index contributed by atoms with van der Waals surface area (Å²) in [6, 6.07) is 8.55. The van der Waals surface area contributed by atoms with Gasteiger partial charge in [-0.2, -0.15) is 5.26 Å². The molecule has 1 aromatic carbocycles. The number of benzene rings is 1. The highest BCUT2D eigenvalue weighted by atomic mass is 16.3. The molecule has 0 aliphatic rings. The third-order valence-electron chi connectivity index (χ3n) is 2.03. The summed E-state index contributed by atoms with van der Waals surface area (Å²) in [5.74, 6) is -0.480. The number of Topliss-reactive ketones (excluding diaryl/α,β-unsaturated/α-hetero) is 1. The maximum atomic E-state index is 11.1. The summed E-state index contributed by atoms with van der Waals surface area (Å²) in [6.07, 6.45) is -1.34. The van der Waals surface area contributed by atoms with E-state index in [0.29, 0.717) is 11.3 Å². The van der Waals surface area contributed by atoms with Gasteiger partial charge in [0.25, 0.3) is 0 Å². The Morgan fingerprint density at radius 2 is 2.06 bits per heavy atom. The molecule has 1 atom stereocenters. The van der Waals surface area contributed by atoms with Crippen molar-refractivity contribution < 1.29 is 15.0 Å². The Bertz CT molecular complexity index is 395. The zero-order chi connectivity index (χ0) is 12.0. The number of rotatable bonds is 5. The minimum Gasteiger partial charge on any atom is -0.393 e. The molecule has 5 heteroatoms. The number of anilines is 1. The second kappa shape index (κ2) is 5.85. The molecule has 0 spiro atoms. The van der Waals surface area contributed by atoms with Gasteiger partial charge in [-0.1, -0.05) is 0 Å². The number of aliphatic hydroxyl groups is 2. The monoisotopic (exact) mass is 220 g/mol. The lowest BCUT2D eigenvalue weighted by atomic mass is 10.2. The van der Waals surface area contributed by atoms with Crippen LogP contribution >= 0.6 is 0 Å². The van der Waals surface area contributed by atoms with Crippen molar-refractivity contribution >= 4 is 11.5 Å². The minimum atomic E-state index is -1.34. The van der Waals surface area contributed by atoms with Gasteiger partial charge in [-0.25, -0.2) is 0 Å². The van der Waals surface area contributed by atoms with E-state index in [-0.39, 0.29) is 6.54 Å². The van der Waals surface area contributed by atoms with Gasteiger partial charge in [0.15, 0.2) is 5.78 Å². The van der Waals surface area contributed by atoms with Gasteiger partial charge in [0.05, 0.1) is 24.8 Å². The van der Waals surface area contributed by atoms with Crippen molar-refractivity contribution in [2.75, 3.05) is 18.5 Å². The molecule has 0 aromatic heterocycles. The number of nitrogens with one attached hydrogen (secondary N) is 1. The van der Waals surface area contributed by atoms with E-state index in [2.05, 4.69) is 5.32 Å². The van der Waals surface area contributed by atoms with E-state index in [1.807, 2.05) is 6.07 Å². The van der Waals surface area contributed by atoms with E-state index in [1.54, 1.807) is 24.3 Å². The number of hydrogen-bond donors (Lipinski definition) is 3. The van der Waals surface area contributed by atoms with Gasteiger partial charge in [0.2, 0.25) is 0 Å². The van der Waals surface area contributed by atoms with Gasteiger partial charge < -0.3 is 15.5 Å². The van der Waals surface area contributed by atoms with Gasteiger partial charge in [0.1, 0.15) is 6.10 Å². The van der Waals surface area contributed by atoms with E-state index in [4.69, 9.17) is 15.5 Å². The molecule has 0 heterocycles. The average molecular weight is 220 g/mol. The van der Waals surface area contributed by atoms with Crippen LogP contribution in [0.1, 0.15) is 5.56 Å². The lowest BCUT2D eigenvalue weighted by Crippen LogP contribution is -2.30. The highest BCUT2D eigenvalue weighted by Crippen LogP contribution is 2.08. The van der Waals surface area contributed by atoms with Crippen LogP contribution in [0.2, 0.25) is 0 Å². The van der Waals surface area contributed by atoms with Crippen LogP contribution in [0.5, 0.6) is 0 Å². The van der Waals surface area contributed by atoms with Crippen LogP contribution in [-0.2, 0) is 4.79 Å².